The lowest BCUT2D eigenvalue weighted by molar-refractivity contribution is -0.161. The smallest absolute Gasteiger partial charge is 0.306 e. The highest BCUT2D eigenvalue weighted by molar-refractivity contribution is 5.70. The van der Waals surface area contributed by atoms with Gasteiger partial charge in [0.2, 0.25) is 0 Å². The molecule has 0 heterocycles. The molecule has 5 nitrogen and oxygen atoms in total. The number of aliphatic hydroxyl groups is 1. The van der Waals surface area contributed by atoms with E-state index in [0.29, 0.717) is 19.3 Å². The molecule has 0 fully saturated rings. The first-order valence-corrected chi connectivity index (χ1v) is 37.7. The Hall–Kier alpha value is -4.74. The van der Waals surface area contributed by atoms with Crippen LogP contribution in [0.5, 0.6) is 0 Å². The van der Waals surface area contributed by atoms with Crippen molar-refractivity contribution in [3.8, 4) is 0 Å². The van der Waals surface area contributed by atoms with Gasteiger partial charge >= 0.3 is 11.9 Å². The molecule has 0 saturated heterocycles. The molecular formula is C85H140O5. The fraction of sp³-hybridized carbons (Fsp3) is 0.647. The summed E-state index contributed by atoms with van der Waals surface area (Å²) in [6.45, 7) is 4.00. The van der Waals surface area contributed by atoms with E-state index < -0.39 is 6.10 Å². The first-order valence-electron chi connectivity index (χ1n) is 37.7. The van der Waals surface area contributed by atoms with Crippen LogP contribution in [0.3, 0.4) is 0 Å². The molecule has 0 bridgehead atoms. The van der Waals surface area contributed by atoms with Crippen LogP contribution in [0.25, 0.3) is 0 Å². The number of carbonyl (C=O) groups excluding carboxylic acids is 2. The zero-order valence-electron chi connectivity index (χ0n) is 58.6. The third-order valence-corrected chi connectivity index (χ3v) is 16.0. The molecule has 0 rings (SSSR count). The Morgan fingerprint density at radius 2 is 0.478 bits per heavy atom. The van der Waals surface area contributed by atoms with Crippen LogP contribution in [-0.2, 0) is 19.1 Å². The lowest BCUT2D eigenvalue weighted by Crippen LogP contribution is -2.28. The SMILES string of the molecule is CC/C=C\C/C=C\C/C=C\C/C=C\C/C=C\C/C=C\C/C=C\C/C=C\C/C=C\C/C=C\C/C=C\C/C=C\CCCCC(=O)OC(CO)COC(=O)CCCCCCCCCCCCCCCCCCCCCCCCCCC/C=C\C/C=C\CCCCCCC. The summed E-state index contributed by atoms with van der Waals surface area (Å²) in [5.41, 5.74) is 0. The van der Waals surface area contributed by atoms with Gasteiger partial charge < -0.3 is 14.6 Å². The minimum Gasteiger partial charge on any atom is -0.462 e. The maximum atomic E-state index is 12.4. The van der Waals surface area contributed by atoms with Gasteiger partial charge in [0, 0.05) is 12.8 Å². The number of esters is 2. The number of unbranched alkanes of at least 4 members (excludes halogenated alkanes) is 32. The lowest BCUT2D eigenvalue weighted by atomic mass is 10.0. The Labute approximate surface area is 557 Å². The third-order valence-electron chi connectivity index (χ3n) is 16.0. The van der Waals surface area contributed by atoms with Crippen LogP contribution in [0.2, 0.25) is 0 Å². The fourth-order valence-electron chi connectivity index (χ4n) is 10.4. The van der Waals surface area contributed by atoms with E-state index in [1.54, 1.807) is 0 Å². The summed E-state index contributed by atoms with van der Waals surface area (Å²) < 4.78 is 10.7. The highest BCUT2D eigenvalue weighted by Gasteiger charge is 2.16. The molecule has 1 atom stereocenters. The van der Waals surface area contributed by atoms with E-state index in [9.17, 15) is 14.7 Å². The average molecular weight is 1240 g/mol. The molecule has 0 amide bonds. The number of allylic oxidation sites excluding steroid dienone is 28. The van der Waals surface area contributed by atoms with Crippen molar-refractivity contribution in [2.24, 2.45) is 0 Å². The van der Waals surface area contributed by atoms with Crippen molar-refractivity contribution in [2.75, 3.05) is 13.2 Å². The van der Waals surface area contributed by atoms with Crippen LogP contribution in [0.1, 0.15) is 335 Å². The second-order valence-corrected chi connectivity index (χ2v) is 24.6. The third kappa shape index (κ3) is 75.7. The van der Waals surface area contributed by atoms with Crippen LogP contribution in [0, 0.1) is 0 Å². The molecule has 0 aliphatic rings. The van der Waals surface area contributed by atoms with Crippen molar-refractivity contribution in [1.29, 1.82) is 0 Å². The van der Waals surface area contributed by atoms with Gasteiger partial charge in [0.1, 0.15) is 6.61 Å². The topological polar surface area (TPSA) is 72.8 Å². The maximum absolute atomic E-state index is 12.4. The van der Waals surface area contributed by atoms with E-state index in [4.69, 9.17) is 9.47 Å². The van der Waals surface area contributed by atoms with Crippen LogP contribution in [-0.4, -0.2) is 36.4 Å². The second kappa shape index (κ2) is 78.5. The normalized spacial score (nSPS) is 13.2. The lowest BCUT2D eigenvalue weighted by Gasteiger charge is -2.15. The fourth-order valence-corrected chi connectivity index (χ4v) is 10.4. The molecule has 0 saturated carbocycles. The summed E-state index contributed by atoms with van der Waals surface area (Å²) in [4.78, 5) is 24.7. The van der Waals surface area contributed by atoms with Crippen molar-refractivity contribution in [3.63, 3.8) is 0 Å². The molecule has 0 aromatic carbocycles. The quantitative estimate of drug-likeness (QED) is 0.0373. The molecule has 90 heavy (non-hydrogen) atoms. The summed E-state index contributed by atoms with van der Waals surface area (Å²) >= 11 is 0. The number of hydrogen-bond acceptors (Lipinski definition) is 5. The van der Waals surface area contributed by atoms with Gasteiger partial charge in [-0.3, -0.25) is 9.59 Å². The molecule has 5 heteroatoms. The van der Waals surface area contributed by atoms with E-state index in [1.165, 1.54) is 186 Å². The van der Waals surface area contributed by atoms with E-state index in [1.807, 2.05) is 0 Å². The number of carbonyl (C=O) groups is 2. The largest absolute Gasteiger partial charge is 0.462 e. The van der Waals surface area contributed by atoms with Crippen molar-refractivity contribution >= 4 is 11.9 Å². The number of hydrogen-bond donors (Lipinski definition) is 1. The Morgan fingerprint density at radius 1 is 0.267 bits per heavy atom. The van der Waals surface area contributed by atoms with Gasteiger partial charge in [0.15, 0.2) is 6.10 Å². The zero-order valence-corrected chi connectivity index (χ0v) is 58.6. The van der Waals surface area contributed by atoms with Gasteiger partial charge in [-0.15, -0.1) is 0 Å². The van der Waals surface area contributed by atoms with Gasteiger partial charge in [-0.25, -0.2) is 0 Å². The monoisotopic (exact) mass is 1240 g/mol. The minimum atomic E-state index is -0.808. The highest BCUT2D eigenvalue weighted by Crippen LogP contribution is 2.17. The standard InChI is InChI=1S/C85H140O5/c1-3-5-7-9-11-13-15-17-19-21-23-25-27-29-31-33-35-37-39-41-42-44-46-48-50-52-54-56-58-60-62-64-66-68-70-72-74-76-78-80-85(88)90-83(81-86)82-89-84(87)79-77-75-73-71-69-67-65-63-61-59-57-55-53-51-49-47-45-43-40-38-36-34-32-30-28-26-24-22-20-18-16-14-12-10-8-6-4-2/h5,7,11,13,16-19,22-25,29,31,35,37,41-42,46,48,52,54,58,60,64,66,70,72,83,86H,3-4,6,8-10,12,14-15,20-21,26-28,30,32-34,36,38-40,43-45,47,49-51,53,55-57,59,61-63,65,67-69,71,73-82H2,1-2H3/b7-5-,13-11-,18-16-,19-17-,24-22-,25-23-,31-29-,37-35-,42-41-,48-46-,54-52-,60-58-,66-64-,72-70-. The zero-order chi connectivity index (χ0) is 64.7. The van der Waals surface area contributed by atoms with Gasteiger partial charge in [0.25, 0.3) is 0 Å². The summed E-state index contributed by atoms with van der Waals surface area (Å²) in [7, 11) is 0. The van der Waals surface area contributed by atoms with Crippen molar-refractivity contribution < 1.29 is 24.2 Å². The van der Waals surface area contributed by atoms with E-state index in [-0.39, 0.29) is 25.2 Å². The van der Waals surface area contributed by atoms with Crippen LogP contribution in [0.4, 0.5) is 0 Å². The molecule has 0 spiro atoms. The summed E-state index contributed by atoms with van der Waals surface area (Å²) in [6, 6.07) is 0. The van der Waals surface area contributed by atoms with Gasteiger partial charge in [-0.05, 0) is 135 Å². The minimum absolute atomic E-state index is 0.0906. The van der Waals surface area contributed by atoms with E-state index >= 15 is 0 Å². The molecule has 1 N–H and O–H groups in total. The van der Waals surface area contributed by atoms with Gasteiger partial charge in [-0.2, -0.15) is 0 Å². The Kier molecular flexibility index (Phi) is 74.4. The van der Waals surface area contributed by atoms with Gasteiger partial charge in [-0.1, -0.05) is 357 Å². The summed E-state index contributed by atoms with van der Waals surface area (Å²) in [5.74, 6) is -0.641. The van der Waals surface area contributed by atoms with E-state index in [2.05, 4.69) is 184 Å². The summed E-state index contributed by atoms with van der Waals surface area (Å²) in [5, 5.41) is 9.71. The van der Waals surface area contributed by atoms with Gasteiger partial charge in [0.05, 0.1) is 6.61 Å². The predicted molar refractivity (Wildman–Crippen MR) is 398 cm³/mol. The number of ether oxygens (including phenoxy) is 2. The molecule has 1 unspecified atom stereocenters. The van der Waals surface area contributed by atoms with Crippen molar-refractivity contribution in [3.05, 3.63) is 170 Å². The molecule has 0 aliphatic carbocycles. The molecule has 0 aliphatic heterocycles. The van der Waals surface area contributed by atoms with Crippen LogP contribution in [0.15, 0.2) is 170 Å². The highest BCUT2D eigenvalue weighted by atomic mass is 16.6. The Bertz CT molecular complexity index is 1940. The molecular weight excluding hydrogens is 1100 g/mol. The Balaban J connectivity index is 3.57. The average Bonchev–Trinajstić information content (AvgIpc) is 3.59. The van der Waals surface area contributed by atoms with E-state index in [0.717, 1.165) is 116 Å². The predicted octanol–water partition coefficient (Wildman–Crippen LogP) is 26.8. The summed E-state index contributed by atoms with van der Waals surface area (Å²) in [6.07, 6.45) is 121. The van der Waals surface area contributed by atoms with Crippen LogP contribution < -0.4 is 0 Å². The Morgan fingerprint density at radius 3 is 0.744 bits per heavy atom. The molecule has 0 aromatic rings. The molecule has 0 aromatic heterocycles. The van der Waals surface area contributed by atoms with Crippen molar-refractivity contribution in [2.45, 2.75) is 341 Å². The first-order chi connectivity index (χ1) is 44.6. The van der Waals surface area contributed by atoms with Crippen LogP contribution >= 0.6 is 0 Å². The second-order valence-electron chi connectivity index (χ2n) is 24.6. The first kappa shape index (κ1) is 85.3. The number of rotatable bonds is 68. The van der Waals surface area contributed by atoms with Crippen molar-refractivity contribution in [1.82, 2.24) is 0 Å². The molecule has 0 radical (unpaired) electrons. The molecule has 510 valence electrons. The number of aliphatic hydroxyl groups excluding tert-OH is 1. The maximum Gasteiger partial charge on any atom is 0.306 e.